The Hall–Kier alpha value is -0.550. The van der Waals surface area contributed by atoms with Gasteiger partial charge in [-0.1, -0.05) is 30.3 Å². The Morgan fingerprint density at radius 1 is 1.00 bits per heavy atom. The van der Waals surface area contributed by atoms with E-state index in [-0.39, 0.29) is 0 Å². The molecular formula is C11H14OP. The summed E-state index contributed by atoms with van der Waals surface area (Å²) in [6.07, 6.45) is 6.03. The highest BCUT2D eigenvalue weighted by molar-refractivity contribution is 7.71. The average Bonchev–Trinajstić information content (AvgIpc) is 2.20. The van der Waals surface area contributed by atoms with Crippen molar-refractivity contribution in [1.29, 1.82) is 0 Å². The molecule has 0 aliphatic carbocycles. The molecule has 1 radical (unpaired) electrons. The lowest BCUT2D eigenvalue weighted by atomic mass is 10.3. The van der Waals surface area contributed by atoms with Gasteiger partial charge < -0.3 is 4.57 Å². The Morgan fingerprint density at radius 3 is 2.23 bits per heavy atom. The van der Waals surface area contributed by atoms with Gasteiger partial charge in [0.15, 0.2) is 0 Å². The molecule has 1 nitrogen and oxygen atoms in total. The van der Waals surface area contributed by atoms with Crippen molar-refractivity contribution in [3.05, 3.63) is 36.8 Å². The number of hydrogen-bond acceptors (Lipinski definition) is 1. The van der Waals surface area contributed by atoms with Gasteiger partial charge in [-0.15, -0.1) is 0 Å². The van der Waals surface area contributed by atoms with Crippen molar-refractivity contribution in [3.63, 3.8) is 0 Å². The van der Waals surface area contributed by atoms with Crippen molar-refractivity contribution in [2.75, 3.05) is 12.3 Å². The lowest BCUT2D eigenvalue weighted by molar-refractivity contribution is 0.576. The SMILES string of the molecule is O=P1(c2ccccc2)CC[CH]CC1. The standard InChI is InChI=1S/C11H14OP/c12-13(9-5-2-6-10-13)11-7-3-1-4-8-11/h1-4,7-8H,5-6,9-10H2. The maximum atomic E-state index is 12.4. The zero-order chi connectivity index (χ0) is 9.15. The summed E-state index contributed by atoms with van der Waals surface area (Å²) in [6, 6.07) is 9.95. The first-order valence-corrected chi connectivity index (χ1v) is 6.84. The summed E-state index contributed by atoms with van der Waals surface area (Å²) in [5.41, 5.74) is 0. The van der Waals surface area contributed by atoms with Crippen LogP contribution in [0.15, 0.2) is 30.3 Å². The molecule has 1 aliphatic heterocycles. The second kappa shape index (κ2) is 3.67. The molecule has 1 heterocycles. The summed E-state index contributed by atoms with van der Waals surface area (Å²) < 4.78 is 12.4. The van der Waals surface area contributed by atoms with E-state index >= 15 is 0 Å². The third-order valence-corrected chi connectivity index (χ3v) is 5.82. The predicted molar refractivity (Wildman–Crippen MR) is 57.0 cm³/mol. The van der Waals surface area contributed by atoms with Gasteiger partial charge in [0.05, 0.1) is 0 Å². The molecule has 1 aromatic carbocycles. The van der Waals surface area contributed by atoms with E-state index < -0.39 is 7.14 Å². The molecule has 13 heavy (non-hydrogen) atoms. The molecule has 1 fully saturated rings. The molecule has 0 N–H and O–H groups in total. The van der Waals surface area contributed by atoms with Crippen LogP contribution in [0.4, 0.5) is 0 Å². The maximum Gasteiger partial charge on any atom is 0.115 e. The third-order valence-electron chi connectivity index (χ3n) is 2.62. The van der Waals surface area contributed by atoms with E-state index in [1.165, 1.54) is 0 Å². The monoisotopic (exact) mass is 193 g/mol. The zero-order valence-corrected chi connectivity index (χ0v) is 8.54. The van der Waals surface area contributed by atoms with Crippen LogP contribution in [-0.4, -0.2) is 12.3 Å². The quantitative estimate of drug-likeness (QED) is 0.627. The Morgan fingerprint density at radius 2 is 1.62 bits per heavy atom. The second-order valence-corrected chi connectivity index (χ2v) is 6.73. The summed E-state index contributed by atoms with van der Waals surface area (Å²) in [5.74, 6) is 0. The van der Waals surface area contributed by atoms with Gasteiger partial charge >= 0.3 is 0 Å². The fraction of sp³-hybridized carbons (Fsp3) is 0.364. The summed E-state index contributed by atoms with van der Waals surface area (Å²) in [7, 11) is -2.00. The first kappa shape index (κ1) is 9.02. The molecule has 1 saturated heterocycles. The minimum absolute atomic E-state index is 0.872. The van der Waals surface area contributed by atoms with E-state index in [4.69, 9.17) is 0 Å². The number of rotatable bonds is 1. The van der Waals surface area contributed by atoms with Crippen molar-refractivity contribution in [3.8, 4) is 0 Å². The van der Waals surface area contributed by atoms with E-state index in [1.54, 1.807) is 0 Å². The van der Waals surface area contributed by atoms with Crippen LogP contribution in [0.1, 0.15) is 12.8 Å². The maximum absolute atomic E-state index is 12.4. The van der Waals surface area contributed by atoms with Crippen LogP contribution in [0.5, 0.6) is 0 Å². The van der Waals surface area contributed by atoms with Gasteiger partial charge in [-0.05, 0) is 19.3 Å². The molecule has 0 unspecified atom stereocenters. The average molecular weight is 193 g/mol. The van der Waals surface area contributed by atoms with Crippen LogP contribution in [0.3, 0.4) is 0 Å². The highest BCUT2D eigenvalue weighted by Gasteiger charge is 2.26. The Labute approximate surface area is 79.5 Å². The third kappa shape index (κ3) is 1.86. The van der Waals surface area contributed by atoms with Crippen LogP contribution < -0.4 is 5.30 Å². The minimum atomic E-state index is -2.00. The van der Waals surface area contributed by atoms with Gasteiger partial charge in [-0.2, -0.15) is 0 Å². The first-order chi connectivity index (χ1) is 6.31. The van der Waals surface area contributed by atoms with E-state index in [2.05, 4.69) is 6.42 Å². The lowest BCUT2D eigenvalue weighted by Crippen LogP contribution is -2.14. The van der Waals surface area contributed by atoms with Crippen LogP contribution in [0.25, 0.3) is 0 Å². The fourth-order valence-corrected chi connectivity index (χ4v) is 4.47. The zero-order valence-electron chi connectivity index (χ0n) is 7.65. The van der Waals surface area contributed by atoms with Crippen molar-refractivity contribution in [2.45, 2.75) is 12.8 Å². The minimum Gasteiger partial charge on any atom is -0.319 e. The Bertz CT molecular complexity index is 308. The second-order valence-electron chi connectivity index (χ2n) is 3.54. The lowest BCUT2D eigenvalue weighted by Gasteiger charge is -2.22. The van der Waals surface area contributed by atoms with E-state index in [0.717, 1.165) is 30.5 Å². The van der Waals surface area contributed by atoms with Crippen LogP contribution >= 0.6 is 7.14 Å². The summed E-state index contributed by atoms with van der Waals surface area (Å²) in [6.45, 7) is 0. The number of hydrogen-bond donors (Lipinski definition) is 0. The normalized spacial score (nSPS) is 21.2. The molecule has 69 valence electrons. The van der Waals surface area contributed by atoms with Crippen LogP contribution in [0, 0.1) is 6.42 Å². The van der Waals surface area contributed by atoms with Gasteiger partial charge in [-0.3, -0.25) is 0 Å². The van der Waals surface area contributed by atoms with Gasteiger partial charge in [0.25, 0.3) is 0 Å². The topological polar surface area (TPSA) is 17.1 Å². The molecule has 0 amide bonds. The molecule has 0 aromatic heterocycles. The van der Waals surface area contributed by atoms with Crippen LogP contribution in [0.2, 0.25) is 0 Å². The summed E-state index contributed by atoms with van der Waals surface area (Å²) in [5, 5.41) is 1.07. The van der Waals surface area contributed by atoms with Gasteiger partial charge in [0.2, 0.25) is 0 Å². The molecule has 2 heteroatoms. The fourth-order valence-electron chi connectivity index (χ4n) is 1.81. The molecule has 2 rings (SSSR count). The van der Waals surface area contributed by atoms with Gasteiger partial charge in [-0.25, -0.2) is 0 Å². The predicted octanol–water partition coefficient (Wildman–Crippen LogP) is 2.67. The molecule has 0 atom stereocenters. The molecule has 0 spiro atoms. The first-order valence-electron chi connectivity index (χ1n) is 4.77. The van der Waals surface area contributed by atoms with Gasteiger partial charge in [0.1, 0.15) is 7.14 Å². The summed E-state index contributed by atoms with van der Waals surface area (Å²) in [4.78, 5) is 0. The van der Waals surface area contributed by atoms with E-state index in [1.807, 2.05) is 30.3 Å². The highest BCUT2D eigenvalue weighted by Crippen LogP contribution is 2.48. The Balaban J connectivity index is 2.29. The van der Waals surface area contributed by atoms with E-state index in [0.29, 0.717) is 0 Å². The summed E-state index contributed by atoms with van der Waals surface area (Å²) >= 11 is 0. The number of benzene rings is 1. The smallest absolute Gasteiger partial charge is 0.115 e. The molecular weight excluding hydrogens is 179 g/mol. The highest BCUT2D eigenvalue weighted by atomic mass is 31.2. The molecule has 0 bridgehead atoms. The molecule has 1 aromatic rings. The van der Waals surface area contributed by atoms with Crippen molar-refractivity contribution in [1.82, 2.24) is 0 Å². The largest absolute Gasteiger partial charge is 0.319 e. The van der Waals surface area contributed by atoms with Crippen molar-refractivity contribution < 1.29 is 4.57 Å². The molecule has 1 aliphatic rings. The van der Waals surface area contributed by atoms with Gasteiger partial charge in [0, 0.05) is 17.6 Å². The molecule has 0 saturated carbocycles. The van der Waals surface area contributed by atoms with Crippen LogP contribution in [-0.2, 0) is 4.57 Å². The van der Waals surface area contributed by atoms with Crippen molar-refractivity contribution >= 4 is 12.4 Å². The Kier molecular flexibility index (Phi) is 2.55. The van der Waals surface area contributed by atoms with E-state index in [9.17, 15) is 4.57 Å². The van der Waals surface area contributed by atoms with Crippen molar-refractivity contribution in [2.24, 2.45) is 0 Å².